The summed E-state index contributed by atoms with van der Waals surface area (Å²) in [6, 6.07) is 25.1. The number of benzene rings is 3. The Morgan fingerprint density at radius 3 is 2.56 bits per heavy atom. The number of amides is 1. The van der Waals surface area contributed by atoms with Crippen molar-refractivity contribution in [2.45, 2.75) is 4.34 Å². The Kier molecular flexibility index (Phi) is 7.91. The van der Waals surface area contributed by atoms with E-state index in [0.717, 1.165) is 32.9 Å². The first-order chi connectivity index (χ1) is 17.6. The number of thiazole rings is 1. The molecule has 1 amide bonds. The van der Waals surface area contributed by atoms with Crippen molar-refractivity contribution in [2.24, 2.45) is 0 Å². The largest absolute Gasteiger partial charge is 0.457 e. The minimum Gasteiger partial charge on any atom is -0.457 e. The van der Waals surface area contributed by atoms with Gasteiger partial charge >= 0.3 is 0 Å². The average molecular weight is 597 g/mol. The molecule has 11 heteroatoms. The summed E-state index contributed by atoms with van der Waals surface area (Å²) in [7, 11) is 0. The molecule has 3 aromatic carbocycles. The molecule has 5 rings (SSSR count). The van der Waals surface area contributed by atoms with Gasteiger partial charge in [0.1, 0.15) is 11.5 Å². The molecule has 180 valence electrons. The van der Waals surface area contributed by atoms with Crippen LogP contribution in [0.4, 0.5) is 16.0 Å². The molecular formula is C25H18BrN5O2S3. The molecule has 0 atom stereocenters. The quantitative estimate of drug-likeness (QED) is 0.169. The van der Waals surface area contributed by atoms with Gasteiger partial charge in [-0.1, -0.05) is 69.4 Å². The average Bonchev–Trinajstić information content (AvgIpc) is 3.54. The smallest absolute Gasteiger partial charge is 0.236 e. The Labute approximate surface area is 228 Å². The molecule has 0 saturated carbocycles. The fraction of sp³-hybridized carbons (Fsp3) is 0.0400. The molecule has 7 nitrogen and oxygen atoms in total. The first-order valence-electron chi connectivity index (χ1n) is 10.7. The molecule has 0 radical (unpaired) electrons. The number of hydrogen-bond acceptors (Lipinski definition) is 9. The summed E-state index contributed by atoms with van der Waals surface area (Å²) in [5.74, 6) is 1.60. The van der Waals surface area contributed by atoms with Gasteiger partial charge in [0.25, 0.3) is 0 Å². The van der Waals surface area contributed by atoms with E-state index in [1.165, 1.54) is 34.4 Å². The zero-order valence-corrected chi connectivity index (χ0v) is 22.6. The topological polar surface area (TPSA) is 89.0 Å². The minimum atomic E-state index is -0.145. The second-order valence-corrected chi connectivity index (χ2v) is 11.3. The zero-order valence-electron chi connectivity index (χ0n) is 18.6. The number of nitrogens with one attached hydrogen (secondary N) is 2. The summed E-state index contributed by atoms with van der Waals surface area (Å²) in [5, 5.41) is 17.5. The molecule has 0 aliphatic carbocycles. The number of rotatable bonds is 9. The molecule has 0 saturated heterocycles. The van der Waals surface area contributed by atoms with E-state index < -0.39 is 0 Å². The van der Waals surface area contributed by atoms with Crippen molar-refractivity contribution >= 4 is 72.2 Å². The molecule has 0 spiro atoms. The van der Waals surface area contributed by atoms with Crippen LogP contribution in [-0.2, 0) is 4.79 Å². The zero-order chi connectivity index (χ0) is 24.7. The summed E-state index contributed by atoms with van der Waals surface area (Å²) in [4.78, 5) is 16.9. The van der Waals surface area contributed by atoms with E-state index in [4.69, 9.17) is 4.74 Å². The van der Waals surface area contributed by atoms with E-state index in [2.05, 4.69) is 41.7 Å². The van der Waals surface area contributed by atoms with Crippen molar-refractivity contribution in [3.63, 3.8) is 0 Å². The van der Waals surface area contributed by atoms with Crippen LogP contribution in [-0.4, -0.2) is 26.8 Å². The number of nitrogens with zero attached hydrogens (tertiary/aromatic N) is 3. The van der Waals surface area contributed by atoms with E-state index in [9.17, 15) is 4.79 Å². The van der Waals surface area contributed by atoms with Crippen LogP contribution in [0.3, 0.4) is 0 Å². The van der Waals surface area contributed by atoms with Gasteiger partial charge in [0, 0.05) is 21.1 Å². The van der Waals surface area contributed by atoms with Crippen LogP contribution in [0, 0.1) is 0 Å². The first-order valence-corrected chi connectivity index (χ1v) is 14.2. The lowest BCUT2D eigenvalue weighted by molar-refractivity contribution is -0.113. The molecule has 36 heavy (non-hydrogen) atoms. The fourth-order valence-corrected chi connectivity index (χ4v) is 5.77. The number of aromatic nitrogens is 3. The Bertz CT molecular complexity index is 1460. The van der Waals surface area contributed by atoms with Crippen molar-refractivity contribution in [2.75, 3.05) is 16.4 Å². The van der Waals surface area contributed by atoms with Crippen LogP contribution in [0.25, 0.3) is 11.3 Å². The van der Waals surface area contributed by atoms with Crippen LogP contribution < -0.4 is 15.4 Å². The lowest BCUT2D eigenvalue weighted by atomic mass is 10.2. The van der Waals surface area contributed by atoms with Crippen LogP contribution in [0.2, 0.25) is 0 Å². The lowest BCUT2D eigenvalue weighted by Gasteiger charge is -2.06. The highest BCUT2D eigenvalue weighted by molar-refractivity contribution is 9.10. The molecule has 0 fully saturated rings. The maximum atomic E-state index is 12.4. The van der Waals surface area contributed by atoms with Gasteiger partial charge in [-0.05, 0) is 48.5 Å². The van der Waals surface area contributed by atoms with Gasteiger partial charge in [-0.3, -0.25) is 4.79 Å². The number of halogens is 1. The maximum Gasteiger partial charge on any atom is 0.236 e. The lowest BCUT2D eigenvalue weighted by Crippen LogP contribution is -2.13. The number of thioether (sulfide) groups is 1. The monoisotopic (exact) mass is 595 g/mol. The molecule has 0 aliphatic rings. The summed E-state index contributed by atoms with van der Waals surface area (Å²) in [5.41, 5.74) is 2.68. The van der Waals surface area contributed by atoms with E-state index in [-0.39, 0.29) is 11.7 Å². The predicted molar refractivity (Wildman–Crippen MR) is 151 cm³/mol. The normalized spacial score (nSPS) is 10.7. The second-order valence-electron chi connectivity index (χ2n) is 7.32. The van der Waals surface area contributed by atoms with Gasteiger partial charge in [-0.15, -0.1) is 21.5 Å². The number of para-hydroxylation sites is 1. The van der Waals surface area contributed by atoms with Crippen molar-refractivity contribution in [1.82, 2.24) is 15.2 Å². The molecule has 2 aromatic heterocycles. The van der Waals surface area contributed by atoms with Crippen LogP contribution in [0.15, 0.2) is 93.1 Å². The van der Waals surface area contributed by atoms with Gasteiger partial charge in [-0.25, -0.2) is 4.98 Å². The number of carbonyl (C=O) groups excluding carboxylic acids is 1. The Morgan fingerprint density at radius 1 is 0.944 bits per heavy atom. The van der Waals surface area contributed by atoms with E-state index in [1.807, 2.05) is 84.2 Å². The fourth-order valence-electron chi connectivity index (χ4n) is 3.07. The van der Waals surface area contributed by atoms with Gasteiger partial charge in [-0.2, -0.15) is 0 Å². The van der Waals surface area contributed by atoms with Gasteiger partial charge in [0.2, 0.25) is 11.0 Å². The predicted octanol–water partition coefficient (Wildman–Crippen LogP) is 7.69. The van der Waals surface area contributed by atoms with Crippen LogP contribution in [0.1, 0.15) is 0 Å². The molecule has 0 bridgehead atoms. The van der Waals surface area contributed by atoms with E-state index >= 15 is 0 Å². The second kappa shape index (κ2) is 11.7. The van der Waals surface area contributed by atoms with Crippen LogP contribution in [0.5, 0.6) is 11.5 Å². The van der Waals surface area contributed by atoms with Gasteiger partial charge in [0.05, 0.1) is 11.4 Å². The van der Waals surface area contributed by atoms with Crippen LogP contribution >= 0.6 is 50.4 Å². The Balaban J connectivity index is 1.10. The van der Waals surface area contributed by atoms with E-state index in [1.54, 1.807) is 0 Å². The molecule has 2 N–H and O–H groups in total. The molecule has 5 aromatic rings. The Hall–Kier alpha value is -3.25. The third kappa shape index (κ3) is 6.70. The standard InChI is InChI=1S/C25H18BrN5O2S3/c26-17-6-4-5-16(13-17)21-14-34-23(28-21)29-22(32)15-35-25-31-30-24(36-25)27-18-9-11-20(12-10-18)33-19-7-2-1-3-8-19/h1-14H,15H2,(H,27,30)(H,28,29,32). The highest BCUT2D eigenvalue weighted by Gasteiger charge is 2.11. The molecule has 2 heterocycles. The molecule has 0 aliphatic heterocycles. The Morgan fingerprint density at radius 2 is 1.75 bits per heavy atom. The SMILES string of the molecule is O=C(CSc1nnc(Nc2ccc(Oc3ccccc3)cc2)s1)Nc1nc(-c2cccc(Br)c2)cs1. The number of anilines is 3. The number of carbonyl (C=O) groups is 1. The summed E-state index contributed by atoms with van der Waals surface area (Å²) in [6.07, 6.45) is 0. The first kappa shape index (κ1) is 24.4. The third-order valence-electron chi connectivity index (χ3n) is 4.69. The summed E-state index contributed by atoms with van der Waals surface area (Å²) in [6.45, 7) is 0. The number of hydrogen-bond donors (Lipinski definition) is 2. The van der Waals surface area contributed by atoms with E-state index in [0.29, 0.717) is 14.6 Å². The number of ether oxygens (including phenoxy) is 1. The van der Waals surface area contributed by atoms with Gasteiger partial charge in [0.15, 0.2) is 9.47 Å². The maximum absolute atomic E-state index is 12.4. The van der Waals surface area contributed by atoms with Crippen molar-refractivity contribution in [3.05, 3.63) is 88.7 Å². The molecule has 0 unspecified atom stereocenters. The van der Waals surface area contributed by atoms with Gasteiger partial charge < -0.3 is 15.4 Å². The minimum absolute atomic E-state index is 0.145. The third-order valence-corrected chi connectivity index (χ3v) is 7.91. The summed E-state index contributed by atoms with van der Waals surface area (Å²) < 4.78 is 7.49. The molecular weight excluding hydrogens is 578 g/mol. The van der Waals surface area contributed by atoms with Crippen molar-refractivity contribution in [3.8, 4) is 22.8 Å². The highest BCUT2D eigenvalue weighted by atomic mass is 79.9. The summed E-state index contributed by atoms with van der Waals surface area (Å²) >= 11 is 7.58. The van der Waals surface area contributed by atoms with Crippen molar-refractivity contribution < 1.29 is 9.53 Å². The highest BCUT2D eigenvalue weighted by Crippen LogP contribution is 2.30. The van der Waals surface area contributed by atoms with Crippen molar-refractivity contribution in [1.29, 1.82) is 0 Å².